The third kappa shape index (κ3) is 3.70. The first-order valence-corrected chi connectivity index (χ1v) is 9.32. The molecule has 0 atom stereocenters. The molecule has 9 heteroatoms. The lowest BCUT2D eigenvalue weighted by Crippen LogP contribution is -2.36. The summed E-state index contributed by atoms with van der Waals surface area (Å²) in [5, 5.41) is 10.9. The van der Waals surface area contributed by atoms with Crippen molar-refractivity contribution in [1.82, 2.24) is 14.9 Å². The number of nitrogens with zero attached hydrogens (tertiary/aromatic N) is 4. The van der Waals surface area contributed by atoms with Crippen molar-refractivity contribution >= 4 is 11.4 Å². The summed E-state index contributed by atoms with van der Waals surface area (Å²) in [6.45, 7) is 1.88. The number of rotatable bonds is 4. The lowest BCUT2D eigenvalue weighted by atomic mass is 10.0. The average molecular weight is 385 g/mol. The number of hydrogen-bond acceptors (Lipinski definition) is 6. The molecule has 1 aromatic heterocycles. The molecule has 8 nitrogen and oxygen atoms in total. The van der Waals surface area contributed by atoms with Gasteiger partial charge in [0.15, 0.2) is 5.82 Å². The second-order valence-corrected chi connectivity index (χ2v) is 7.12. The molecule has 0 radical (unpaired) electrons. The van der Waals surface area contributed by atoms with Gasteiger partial charge in [-0.05, 0) is 25.3 Å². The Kier molecular flexibility index (Phi) is 4.99. The van der Waals surface area contributed by atoms with Crippen LogP contribution in [-0.2, 0) is 19.5 Å². The lowest BCUT2D eigenvalue weighted by Gasteiger charge is -2.28. The van der Waals surface area contributed by atoms with Crippen molar-refractivity contribution in [3.05, 3.63) is 67.1 Å². The summed E-state index contributed by atoms with van der Waals surface area (Å²) in [5.41, 5.74) is 2.08. The summed E-state index contributed by atoms with van der Waals surface area (Å²) in [7, 11) is 0. The monoisotopic (exact) mass is 385 g/mol. The molecule has 0 saturated carbocycles. The number of non-ortho nitro benzene ring substituents is 1. The Morgan fingerprint density at radius 1 is 1.29 bits per heavy atom. The van der Waals surface area contributed by atoms with Gasteiger partial charge in [-0.3, -0.25) is 24.8 Å². The molecule has 0 bridgehead atoms. The topological polar surface area (TPSA) is 104 Å². The Morgan fingerprint density at radius 2 is 2.14 bits per heavy atom. The van der Waals surface area contributed by atoms with Gasteiger partial charge in [-0.2, -0.15) is 0 Å². The molecule has 2 aromatic rings. The van der Waals surface area contributed by atoms with Gasteiger partial charge >= 0.3 is 0 Å². The van der Waals surface area contributed by atoms with E-state index in [4.69, 9.17) is 0 Å². The zero-order valence-electron chi connectivity index (χ0n) is 15.3. The minimum absolute atomic E-state index is 0.147. The van der Waals surface area contributed by atoms with Gasteiger partial charge in [0.2, 0.25) is 0 Å². The molecule has 0 spiro atoms. The van der Waals surface area contributed by atoms with Crippen molar-refractivity contribution in [3.63, 3.8) is 0 Å². The van der Waals surface area contributed by atoms with Gasteiger partial charge in [0, 0.05) is 50.3 Å². The number of halogens is 1. The molecule has 4 rings (SSSR count). The quantitative estimate of drug-likeness (QED) is 0.643. The fourth-order valence-electron chi connectivity index (χ4n) is 3.68. The van der Waals surface area contributed by atoms with E-state index in [0.717, 1.165) is 49.3 Å². The van der Waals surface area contributed by atoms with Crippen LogP contribution in [0.1, 0.15) is 41.9 Å². The Balaban J connectivity index is 1.56. The summed E-state index contributed by atoms with van der Waals surface area (Å²) in [6, 6.07) is 3.50. The van der Waals surface area contributed by atoms with Crippen molar-refractivity contribution in [3.8, 4) is 0 Å². The zero-order valence-corrected chi connectivity index (χ0v) is 15.3. The van der Waals surface area contributed by atoms with E-state index in [2.05, 4.69) is 15.0 Å². The summed E-state index contributed by atoms with van der Waals surface area (Å²) in [5.74, 6) is 0.0655. The van der Waals surface area contributed by atoms with Gasteiger partial charge in [-0.15, -0.1) is 0 Å². The minimum Gasteiger partial charge on any atom is -0.305 e. The number of H-pyrrole nitrogens is 1. The molecule has 0 unspecified atom stereocenters. The molecule has 0 amide bonds. The van der Waals surface area contributed by atoms with Crippen LogP contribution in [0.4, 0.5) is 10.1 Å². The number of hydrogen-bond donors (Lipinski definition) is 1. The predicted molar refractivity (Wildman–Crippen MR) is 101 cm³/mol. The Bertz CT molecular complexity index is 1020. The van der Waals surface area contributed by atoms with E-state index in [1.807, 2.05) is 4.90 Å². The van der Waals surface area contributed by atoms with Crippen LogP contribution in [0, 0.1) is 15.9 Å². The molecular formula is C19H20FN5O3. The molecule has 2 aliphatic rings. The number of nitrogens with one attached hydrogen (secondary N) is 1. The molecule has 146 valence electrons. The van der Waals surface area contributed by atoms with Gasteiger partial charge < -0.3 is 4.98 Å². The highest BCUT2D eigenvalue weighted by Gasteiger charge is 2.24. The molecule has 0 aliphatic carbocycles. The van der Waals surface area contributed by atoms with Crippen LogP contribution in [0.2, 0.25) is 0 Å². The van der Waals surface area contributed by atoms with Gasteiger partial charge in [-0.25, -0.2) is 9.37 Å². The van der Waals surface area contributed by atoms with Gasteiger partial charge in [0.25, 0.3) is 11.2 Å². The highest BCUT2D eigenvalue weighted by Crippen LogP contribution is 2.22. The average Bonchev–Trinajstić information content (AvgIpc) is 2.70. The van der Waals surface area contributed by atoms with Crippen molar-refractivity contribution in [2.45, 2.75) is 38.8 Å². The number of benzene rings is 1. The highest BCUT2D eigenvalue weighted by molar-refractivity contribution is 5.97. The van der Waals surface area contributed by atoms with Crippen LogP contribution in [0.3, 0.4) is 0 Å². The highest BCUT2D eigenvalue weighted by atomic mass is 19.1. The fourth-order valence-corrected chi connectivity index (χ4v) is 3.68. The fraction of sp³-hybridized carbons (Fsp3) is 0.421. The van der Waals surface area contributed by atoms with Crippen molar-refractivity contribution in [1.29, 1.82) is 0 Å². The molecule has 2 aliphatic heterocycles. The summed E-state index contributed by atoms with van der Waals surface area (Å²) < 4.78 is 14.1. The first kappa shape index (κ1) is 18.4. The molecule has 0 saturated heterocycles. The maximum Gasteiger partial charge on any atom is 0.269 e. The standard InChI is InChI=1S/C19H20FN5O3/c20-15-5-4-13(25(27)28)9-12(15)10-24-8-6-16-14(11-24)19(26)23-18(22-16)17-3-1-2-7-21-17/h4-5,9H,1-3,6-8,10-11H2,(H,22,23,26). The normalized spacial score (nSPS) is 17.1. The van der Waals surface area contributed by atoms with Crippen molar-refractivity contribution in [2.75, 3.05) is 13.1 Å². The molecular weight excluding hydrogens is 365 g/mol. The molecule has 1 N–H and O–H groups in total. The van der Waals surface area contributed by atoms with E-state index >= 15 is 0 Å². The van der Waals surface area contributed by atoms with E-state index in [1.165, 1.54) is 6.07 Å². The molecule has 3 heterocycles. The molecule has 0 fully saturated rings. The maximum atomic E-state index is 14.1. The van der Waals surface area contributed by atoms with Crippen LogP contribution < -0.4 is 5.56 Å². The third-order valence-electron chi connectivity index (χ3n) is 5.18. The largest absolute Gasteiger partial charge is 0.305 e. The van der Waals surface area contributed by atoms with Gasteiger partial charge in [0.1, 0.15) is 5.82 Å². The van der Waals surface area contributed by atoms with E-state index in [9.17, 15) is 19.3 Å². The number of fused-ring (bicyclic) bond motifs is 1. The second kappa shape index (κ2) is 7.59. The van der Waals surface area contributed by atoms with Crippen LogP contribution >= 0.6 is 0 Å². The van der Waals surface area contributed by atoms with E-state index < -0.39 is 10.7 Å². The molecule has 28 heavy (non-hydrogen) atoms. The minimum atomic E-state index is -0.543. The van der Waals surface area contributed by atoms with Crippen LogP contribution in [0.25, 0.3) is 0 Å². The smallest absolute Gasteiger partial charge is 0.269 e. The van der Waals surface area contributed by atoms with E-state index in [-0.39, 0.29) is 23.4 Å². The van der Waals surface area contributed by atoms with Crippen molar-refractivity contribution < 1.29 is 9.31 Å². The second-order valence-electron chi connectivity index (χ2n) is 7.12. The van der Waals surface area contributed by atoms with Crippen molar-refractivity contribution in [2.24, 2.45) is 4.99 Å². The van der Waals surface area contributed by atoms with E-state index in [1.54, 1.807) is 0 Å². The summed E-state index contributed by atoms with van der Waals surface area (Å²) in [4.78, 5) is 36.8. The lowest BCUT2D eigenvalue weighted by molar-refractivity contribution is -0.385. The van der Waals surface area contributed by atoms with Gasteiger partial charge in [0.05, 0.1) is 21.9 Å². The first-order valence-electron chi connectivity index (χ1n) is 9.32. The predicted octanol–water partition coefficient (Wildman–Crippen LogP) is 2.35. The number of aromatic amines is 1. The Morgan fingerprint density at radius 3 is 2.89 bits per heavy atom. The summed E-state index contributed by atoms with van der Waals surface area (Å²) >= 11 is 0. The summed E-state index contributed by atoms with van der Waals surface area (Å²) in [6.07, 6.45) is 3.49. The van der Waals surface area contributed by atoms with Gasteiger partial charge in [-0.1, -0.05) is 0 Å². The SMILES string of the molecule is O=c1[nH]c(C2=NCCCC2)nc2c1CN(Cc1cc([N+](=O)[O-])ccc1F)CC2. The number of nitro benzene ring substituents is 1. The first-order chi connectivity index (χ1) is 13.5. The Labute approximate surface area is 160 Å². The molecule has 1 aromatic carbocycles. The zero-order chi connectivity index (χ0) is 19.7. The van der Waals surface area contributed by atoms with Crippen LogP contribution in [0.5, 0.6) is 0 Å². The Hall–Kier alpha value is -2.94. The van der Waals surface area contributed by atoms with E-state index in [0.29, 0.717) is 30.9 Å². The van der Waals surface area contributed by atoms with Crippen LogP contribution in [0.15, 0.2) is 28.0 Å². The van der Waals surface area contributed by atoms with Crippen LogP contribution in [-0.4, -0.2) is 38.6 Å². The maximum absolute atomic E-state index is 14.1. The number of nitro groups is 1. The third-order valence-corrected chi connectivity index (χ3v) is 5.18. The number of aromatic nitrogens is 2. The number of aliphatic imine (C=N–C) groups is 1.